The Morgan fingerprint density at radius 2 is 2.22 bits per heavy atom. The molecule has 18 heavy (non-hydrogen) atoms. The topological polar surface area (TPSA) is 64.9 Å². The lowest BCUT2D eigenvalue weighted by Crippen LogP contribution is -2.07. The number of halogens is 1. The third-order valence-corrected chi connectivity index (χ3v) is 3.62. The van der Waals surface area contributed by atoms with Gasteiger partial charge in [-0.25, -0.2) is 9.97 Å². The molecule has 1 N–H and O–H groups in total. The number of nitrogens with one attached hydrogen (secondary N) is 1. The van der Waals surface area contributed by atoms with Gasteiger partial charge in [0.15, 0.2) is 5.82 Å². The van der Waals surface area contributed by atoms with E-state index >= 15 is 0 Å². The zero-order chi connectivity index (χ0) is 13.1. The molecule has 0 aromatic carbocycles. The van der Waals surface area contributed by atoms with Crippen LogP contribution in [-0.4, -0.2) is 33.9 Å². The lowest BCUT2D eigenvalue weighted by Gasteiger charge is -2.10. The normalized spacial score (nSPS) is 10.7. The minimum atomic E-state index is 0.459. The van der Waals surface area contributed by atoms with Gasteiger partial charge in [0.25, 0.3) is 0 Å². The maximum Gasteiger partial charge on any atom is 0.180 e. The molecule has 2 rings (SSSR count). The number of hydrogen-bond donors (Lipinski definition) is 1. The summed E-state index contributed by atoms with van der Waals surface area (Å²) in [6.07, 6.45) is 1.73. The summed E-state index contributed by atoms with van der Waals surface area (Å²) in [4.78, 5) is 9.02. The smallest absolute Gasteiger partial charge is 0.180 e. The molecule has 7 heteroatoms. The predicted octanol–water partition coefficient (Wildman–Crippen LogP) is 1.67. The van der Waals surface area contributed by atoms with E-state index in [0.717, 1.165) is 20.8 Å². The molecule has 0 radical (unpaired) electrons. The highest BCUT2D eigenvalue weighted by molar-refractivity contribution is 14.1. The molecule has 0 aliphatic rings. The summed E-state index contributed by atoms with van der Waals surface area (Å²) in [5.41, 5.74) is 1.74. The van der Waals surface area contributed by atoms with Crippen molar-refractivity contribution in [1.82, 2.24) is 19.7 Å². The number of anilines is 1. The van der Waals surface area contributed by atoms with Crippen molar-refractivity contribution >= 4 is 28.4 Å². The Balaban J connectivity index is 2.55. The van der Waals surface area contributed by atoms with Gasteiger partial charge in [-0.1, -0.05) is 0 Å². The lowest BCUT2D eigenvalue weighted by molar-refractivity contribution is 0.181. The molecule has 0 spiro atoms. The van der Waals surface area contributed by atoms with Gasteiger partial charge < -0.3 is 10.1 Å². The molecule has 2 aromatic heterocycles. The maximum atomic E-state index is 5.17. The molecular weight excluding hydrogens is 345 g/mol. The second-order valence-corrected chi connectivity index (χ2v) is 4.76. The number of aryl methyl sites for hydroxylation is 1. The molecule has 0 aliphatic carbocycles. The maximum absolute atomic E-state index is 5.17. The van der Waals surface area contributed by atoms with Crippen molar-refractivity contribution in [3.63, 3.8) is 0 Å². The zero-order valence-corrected chi connectivity index (χ0v) is 12.6. The van der Waals surface area contributed by atoms with E-state index in [4.69, 9.17) is 4.74 Å². The molecule has 0 atom stereocenters. The molecule has 0 fully saturated rings. The van der Waals surface area contributed by atoms with Gasteiger partial charge >= 0.3 is 0 Å². The highest BCUT2D eigenvalue weighted by Crippen LogP contribution is 2.23. The van der Waals surface area contributed by atoms with E-state index in [1.54, 1.807) is 18.0 Å². The summed E-state index contributed by atoms with van der Waals surface area (Å²) < 4.78 is 7.89. The molecule has 0 bridgehead atoms. The third kappa shape index (κ3) is 2.46. The zero-order valence-electron chi connectivity index (χ0n) is 10.4. The monoisotopic (exact) mass is 359 g/mol. The molecule has 0 aliphatic heterocycles. The van der Waals surface area contributed by atoms with E-state index in [1.165, 1.54) is 0 Å². The Hall–Kier alpha value is -1.22. The van der Waals surface area contributed by atoms with E-state index in [-0.39, 0.29) is 0 Å². The minimum Gasteiger partial charge on any atom is -0.378 e. The van der Waals surface area contributed by atoms with Crippen LogP contribution in [0.25, 0.3) is 11.5 Å². The van der Waals surface area contributed by atoms with Crippen LogP contribution >= 0.6 is 22.6 Å². The SMILES string of the molecule is CNc1nc(-c2ccnn2C)nc(COC)c1I. The fraction of sp³-hybridized carbons (Fsp3) is 0.364. The standard InChI is InChI=1S/C11H14IN5O/c1-13-11-9(12)7(6-18-3)15-10(16-11)8-4-5-14-17(8)2/h4-5H,6H2,1-3H3,(H,13,15,16). The Labute approximate surface area is 119 Å². The van der Waals surface area contributed by atoms with Gasteiger partial charge in [-0.3, -0.25) is 4.68 Å². The number of hydrogen-bond acceptors (Lipinski definition) is 5. The molecule has 0 saturated heterocycles. The first-order chi connectivity index (χ1) is 8.67. The Bertz CT molecular complexity index is 554. The Morgan fingerprint density at radius 1 is 1.44 bits per heavy atom. The largest absolute Gasteiger partial charge is 0.378 e. The minimum absolute atomic E-state index is 0.459. The number of rotatable bonds is 4. The highest BCUT2D eigenvalue weighted by atomic mass is 127. The molecule has 2 heterocycles. The summed E-state index contributed by atoms with van der Waals surface area (Å²) >= 11 is 2.22. The van der Waals surface area contributed by atoms with Crippen LogP contribution in [-0.2, 0) is 18.4 Å². The summed E-state index contributed by atoms with van der Waals surface area (Å²) in [5.74, 6) is 1.45. The van der Waals surface area contributed by atoms with Crippen molar-refractivity contribution in [3.8, 4) is 11.5 Å². The first-order valence-corrected chi connectivity index (χ1v) is 6.46. The second kappa shape index (κ2) is 5.61. The Kier molecular flexibility index (Phi) is 4.12. The fourth-order valence-corrected chi connectivity index (χ4v) is 2.27. The van der Waals surface area contributed by atoms with Crippen molar-refractivity contribution in [2.75, 3.05) is 19.5 Å². The van der Waals surface area contributed by atoms with Crippen LogP contribution in [0, 0.1) is 3.57 Å². The molecule has 6 nitrogen and oxygen atoms in total. The van der Waals surface area contributed by atoms with Crippen molar-refractivity contribution in [3.05, 3.63) is 21.5 Å². The summed E-state index contributed by atoms with van der Waals surface area (Å²) in [6.45, 7) is 0.459. The first-order valence-electron chi connectivity index (χ1n) is 5.38. The lowest BCUT2D eigenvalue weighted by atomic mass is 10.3. The summed E-state index contributed by atoms with van der Waals surface area (Å²) in [7, 11) is 5.36. The number of aromatic nitrogens is 4. The van der Waals surface area contributed by atoms with Gasteiger partial charge in [0.05, 0.1) is 15.9 Å². The molecular formula is C11H14IN5O. The first kappa shape index (κ1) is 13.2. The number of nitrogens with zero attached hydrogens (tertiary/aromatic N) is 4. The van der Waals surface area contributed by atoms with Crippen molar-refractivity contribution in [2.24, 2.45) is 7.05 Å². The van der Waals surface area contributed by atoms with E-state index in [1.807, 2.05) is 20.2 Å². The third-order valence-electron chi connectivity index (χ3n) is 2.49. The fourth-order valence-electron chi connectivity index (χ4n) is 1.60. The average molecular weight is 359 g/mol. The predicted molar refractivity (Wildman–Crippen MR) is 77.2 cm³/mol. The van der Waals surface area contributed by atoms with Crippen molar-refractivity contribution < 1.29 is 4.74 Å². The molecule has 0 saturated carbocycles. The molecule has 0 amide bonds. The molecule has 2 aromatic rings. The van der Waals surface area contributed by atoms with Gasteiger partial charge in [0.1, 0.15) is 11.5 Å². The van der Waals surface area contributed by atoms with Crippen LogP contribution in [0.3, 0.4) is 0 Å². The molecule has 0 unspecified atom stereocenters. The van der Waals surface area contributed by atoms with E-state index in [0.29, 0.717) is 12.4 Å². The second-order valence-electron chi connectivity index (χ2n) is 3.68. The Morgan fingerprint density at radius 3 is 2.78 bits per heavy atom. The van der Waals surface area contributed by atoms with Crippen LogP contribution in [0.4, 0.5) is 5.82 Å². The van der Waals surface area contributed by atoms with Gasteiger partial charge in [-0.2, -0.15) is 5.10 Å². The van der Waals surface area contributed by atoms with Gasteiger partial charge in [-0.15, -0.1) is 0 Å². The van der Waals surface area contributed by atoms with Crippen LogP contribution in [0.15, 0.2) is 12.3 Å². The van der Waals surface area contributed by atoms with Crippen LogP contribution in [0.1, 0.15) is 5.69 Å². The summed E-state index contributed by atoms with van der Waals surface area (Å²) in [5, 5.41) is 7.20. The quantitative estimate of drug-likeness (QED) is 0.842. The van der Waals surface area contributed by atoms with Crippen molar-refractivity contribution in [1.29, 1.82) is 0 Å². The highest BCUT2D eigenvalue weighted by Gasteiger charge is 2.14. The van der Waals surface area contributed by atoms with Crippen molar-refractivity contribution in [2.45, 2.75) is 6.61 Å². The van der Waals surface area contributed by atoms with Gasteiger partial charge in [-0.05, 0) is 28.7 Å². The van der Waals surface area contributed by atoms with Crippen LogP contribution in [0.2, 0.25) is 0 Å². The molecule has 96 valence electrons. The van der Waals surface area contributed by atoms with Crippen LogP contribution in [0.5, 0.6) is 0 Å². The number of methoxy groups -OCH3 is 1. The van der Waals surface area contributed by atoms with Gasteiger partial charge in [0.2, 0.25) is 0 Å². The average Bonchev–Trinajstić information content (AvgIpc) is 2.78. The summed E-state index contributed by atoms with van der Waals surface area (Å²) in [6, 6.07) is 1.89. The van der Waals surface area contributed by atoms with E-state index < -0.39 is 0 Å². The van der Waals surface area contributed by atoms with Gasteiger partial charge in [0, 0.05) is 27.4 Å². The van der Waals surface area contributed by atoms with E-state index in [2.05, 4.69) is 43.0 Å². The van der Waals surface area contributed by atoms with Crippen LogP contribution < -0.4 is 5.32 Å². The van der Waals surface area contributed by atoms with E-state index in [9.17, 15) is 0 Å². The number of ether oxygens (including phenoxy) is 1.